The van der Waals surface area contributed by atoms with Gasteiger partial charge in [0, 0.05) is 18.6 Å². The molecule has 0 spiro atoms. The van der Waals surface area contributed by atoms with Crippen LogP contribution in [-0.4, -0.2) is 19.6 Å². The van der Waals surface area contributed by atoms with E-state index in [1.54, 1.807) is 6.07 Å². The molecule has 16 heavy (non-hydrogen) atoms. The number of rotatable bonds is 5. The Morgan fingerprint density at radius 3 is 2.62 bits per heavy atom. The molecular formula is C12H16F2N2. The second-order valence-electron chi connectivity index (χ2n) is 4.20. The third-order valence-corrected chi connectivity index (χ3v) is 2.88. The van der Waals surface area contributed by atoms with Crippen LogP contribution in [0.15, 0.2) is 18.2 Å². The predicted molar refractivity (Wildman–Crippen MR) is 59.2 cm³/mol. The summed E-state index contributed by atoms with van der Waals surface area (Å²) in [4.78, 5) is 0. The van der Waals surface area contributed by atoms with Gasteiger partial charge >= 0.3 is 0 Å². The molecule has 0 saturated heterocycles. The Hall–Kier alpha value is -1.00. The quantitative estimate of drug-likeness (QED) is 0.802. The summed E-state index contributed by atoms with van der Waals surface area (Å²) in [5.74, 6) is -1.59. The molecule has 0 aromatic heterocycles. The number of hydrogen-bond acceptors (Lipinski definition) is 2. The zero-order valence-corrected chi connectivity index (χ0v) is 9.26. The van der Waals surface area contributed by atoms with E-state index in [2.05, 4.69) is 10.6 Å². The molecule has 4 heteroatoms. The van der Waals surface area contributed by atoms with Gasteiger partial charge in [0.05, 0.1) is 0 Å². The lowest BCUT2D eigenvalue weighted by Gasteiger charge is -2.17. The van der Waals surface area contributed by atoms with Crippen molar-refractivity contribution in [2.75, 3.05) is 13.6 Å². The van der Waals surface area contributed by atoms with Crippen LogP contribution in [0.2, 0.25) is 0 Å². The van der Waals surface area contributed by atoms with Crippen LogP contribution in [0.4, 0.5) is 8.78 Å². The summed E-state index contributed by atoms with van der Waals surface area (Å²) in [6, 6.07) is 4.68. The van der Waals surface area contributed by atoms with Crippen molar-refractivity contribution < 1.29 is 8.78 Å². The topological polar surface area (TPSA) is 24.1 Å². The van der Waals surface area contributed by atoms with Crippen LogP contribution in [0.25, 0.3) is 0 Å². The predicted octanol–water partition coefficient (Wildman–Crippen LogP) is 1.98. The first-order valence-electron chi connectivity index (χ1n) is 5.56. The van der Waals surface area contributed by atoms with Gasteiger partial charge in [-0.25, -0.2) is 8.78 Å². The molecule has 0 aliphatic heterocycles. The van der Waals surface area contributed by atoms with Gasteiger partial charge in [-0.2, -0.15) is 0 Å². The highest BCUT2D eigenvalue weighted by Crippen LogP contribution is 2.21. The van der Waals surface area contributed by atoms with Crippen LogP contribution >= 0.6 is 0 Å². The van der Waals surface area contributed by atoms with Gasteiger partial charge in [-0.15, -0.1) is 0 Å². The lowest BCUT2D eigenvalue weighted by atomic mass is 10.1. The van der Waals surface area contributed by atoms with E-state index in [-0.39, 0.29) is 6.04 Å². The molecule has 2 nitrogen and oxygen atoms in total. The van der Waals surface area contributed by atoms with Gasteiger partial charge in [0.25, 0.3) is 0 Å². The smallest absolute Gasteiger partial charge is 0.159 e. The largest absolute Gasteiger partial charge is 0.312 e. The maximum atomic E-state index is 13.1. The van der Waals surface area contributed by atoms with Crippen molar-refractivity contribution in [3.8, 4) is 0 Å². The van der Waals surface area contributed by atoms with Crippen LogP contribution < -0.4 is 10.6 Å². The van der Waals surface area contributed by atoms with Crippen molar-refractivity contribution in [3.63, 3.8) is 0 Å². The molecule has 1 aliphatic carbocycles. The normalized spacial score (nSPS) is 17.4. The van der Waals surface area contributed by atoms with Crippen LogP contribution in [0.1, 0.15) is 24.4 Å². The van der Waals surface area contributed by atoms with Crippen molar-refractivity contribution in [3.05, 3.63) is 35.4 Å². The molecule has 0 amide bonds. The third kappa shape index (κ3) is 2.77. The molecular weight excluding hydrogens is 210 g/mol. The lowest BCUT2D eigenvalue weighted by Crippen LogP contribution is -2.30. The molecule has 0 bridgehead atoms. The van der Waals surface area contributed by atoms with Gasteiger partial charge in [0.2, 0.25) is 0 Å². The average molecular weight is 226 g/mol. The minimum atomic E-state index is -0.797. The molecule has 1 fully saturated rings. The fourth-order valence-corrected chi connectivity index (χ4v) is 1.69. The maximum absolute atomic E-state index is 13.1. The first-order chi connectivity index (χ1) is 7.70. The van der Waals surface area contributed by atoms with E-state index < -0.39 is 11.6 Å². The van der Waals surface area contributed by atoms with E-state index in [1.165, 1.54) is 25.0 Å². The van der Waals surface area contributed by atoms with Gasteiger partial charge in [0.15, 0.2) is 11.6 Å². The van der Waals surface area contributed by atoms with Crippen molar-refractivity contribution in [2.45, 2.75) is 24.9 Å². The molecule has 88 valence electrons. The Bertz CT molecular complexity index is 364. The summed E-state index contributed by atoms with van der Waals surface area (Å²) < 4.78 is 25.8. The summed E-state index contributed by atoms with van der Waals surface area (Å²) in [5, 5.41) is 6.46. The summed E-state index contributed by atoms with van der Waals surface area (Å²) in [6.07, 6.45) is 2.43. The molecule has 0 radical (unpaired) electrons. The van der Waals surface area contributed by atoms with Crippen LogP contribution in [-0.2, 0) is 0 Å². The second-order valence-corrected chi connectivity index (χ2v) is 4.20. The molecule has 1 saturated carbocycles. The maximum Gasteiger partial charge on any atom is 0.159 e. The Balaban J connectivity index is 2.02. The number of likely N-dealkylation sites (N-methyl/N-ethyl adjacent to an activating group) is 1. The summed E-state index contributed by atoms with van der Waals surface area (Å²) in [5.41, 5.74) is 0.773. The highest BCUT2D eigenvalue weighted by atomic mass is 19.2. The lowest BCUT2D eigenvalue weighted by molar-refractivity contribution is 0.493. The number of benzene rings is 1. The molecule has 2 rings (SSSR count). The minimum Gasteiger partial charge on any atom is -0.312 e. The Morgan fingerprint density at radius 2 is 2.06 bits per heavy atom. The van der Waals surface area contributed by atoms with Crippen molar-refractivity contribution in [1.82, 2.24) is 10.6 Å². The monoisotopic (exact) mass is 226 g/mol. The Kier molecular flexibility index (Phi) is 3.51. The van der Waals surface area contributed by atoms with Gasteiger partial charge < -0.3 is 10.6 Å². The zero-order chi connectivity index (χ0) is 11.5. The third-order valence-electron chi connectivity index (χ3n) is 2.88. The Morgan fingerprint density at radius 1 is 1.31 bits per heavy atom. The van der Waals surface area contributed by atoms with Gasteiger partial charge in [-0.3, -0.25) is 0 Å². The standard InChI is InChI=1S/C12H16F2N2/c1-15-12(7-16-9-3-4-9)8-2-5-10(13)11(14)6-8/h2,5-6,9,12,15-16H,3-4,7H2,1H3. The number of hydrogen-bond donors (Lipinski definition) is 2. The molecule has 0 heterocycles. The zero-order valence-electron chi connectivity index (χ0n) is 9.26. The minimum absolute atomic E-state index is 0.0238. The fourth-order valence-electron chi connectivity index (χ4n) is 1.69. The highest BCUT2D eigenvalue weighted by Gasteiger charge is 2.22. The van der Waals surface area contributed by atoms with Crippen LogP contribution in [0.3, 0.4) is 0 Å². The molecule has 1 aromatic carbocycles. The van der Waals surface area contributed by atoms with Crippen molar-refractivity contribution >= 4 is 0 Å². The fraction of sp³-hybridized carbons (Fsp3) is 0.500. The molecule has 1 atom stereocenters. The first-order valence-corrected chi connectivity index (χ1v) is 5.56. The van der Waals surface area contributed by atoms with Gasteiger partial charge in [0.1, 0.15) is 0 Å². The second kappa shape index (κ2) is 4.89. The van der Waals surface area contributed by atoms with Crippen LogP contribution in [0.5, 0.6) is 0 Å². The molecule has 1 aromatic rings. The average Bonchev–Trinajstić information content (AvgIpc) is 3.08. The van der Waals surface area contributed by atoms with Crippen LogP contribution in [0, 0.1) is 11.6 Å². The Labute approximate surface area is 94.0 Å². The SMILES string of the molecule is CNC(CNC1CC1)c1ccc(F)c(F)c1. The van der Waals surface area contributed by atoms with E-state index in [1.807, 2.05) is 7.05 Å². The van der Waals surface area contributed by atoms with E-state index in [0.29, 0.717) is 6.04 Å². The summed E-state index contributed by atoms with van der Waals surface area (Å²) >= 11 is 0. The van der Waals surface area contributed by atoms with Crippen molar-refractivity contribution in [2.24, 2.45) is 0 Å². The summed E-state index contributed by atoms with van der Waals surface area (Å²) in [7, 11) is 1.82. The summed E-state index contributed by atoms with van der Waals surface area (Å²) in [6.45, 7) is 0.742. The molecule has 1 aliphatic rings. The van der Waals surface area contributed by atoms with Gasteiger partial charge in [-0.1, -0.05) is 6.07 Å². The molecule has 1 unspecified atom stereocenters. The molecule has 2 N–H and O–H groups in total. The van der Waals surface area contributed by atoms with Gasteiger partial charge in [-0.05, 0) is 37.6 Å². The van der Waals surface area contributed by atoms with E-state index >= 15 is 0 Å². The number of nitrogens with one attached hydrogen (secondary N) is 2. The van der Waals surface area contributed by atoms with Crippen molar-refractivity contribution in [1.29, 1.82) is 0 Å². The first kappa shape index (κ1) is 11.5. The van der Waals surface area contributed by atoms with E-state index in [0.717, 1.165) is 12.1 Å². The number of halogens is 2. The highest BCUT2D eigenvalue weighted by molar-refractivity contribution is 5.21. The van der Waals surface area contributed by atoms with E-state index in [9.17, 15) is 8.78 Å². The van der Waals surface area contributed by atoms with E-state index in [4.69, 9.17) is 0 Å².